The number of likely N-dealkylation sites (tertiary alicyclic amines) is 1. The molecule has 1 fully saturated rings. The normalized spacial score (nSPS) is 16.9. The molecule has 2 heterocycles. The van der Waals surface area contributed by atoms with Gasteiger partial charge in [0.1, 0.15) is 0 Å². The second-order valence-electron chi connectivity index (χ2n) is 7.94. The van der Waals surface area contributed by atoms with Gasteiger partial charge in [-0.15, -0.1) is 5.10 Å². The zero-order valence-corrected chi connectivity index (χ0v) is 17.0. The molecule has 0 radical (unpaired) electrons. The number of benzene rings is 1. The molecule has 0 amide bonds. The molecular formula is C19H28N4S2. The van der Waals surface area contributed by atoms with Crippen molar-refractivity contribution in [3.8, 4) is 0 Å². The van der Waals surface area contributed by atoms with Crippen LogP contribution in [0.25, 0.3) is 0 Å². The summed E-state index contributed by atoms with van der Waals surface area (Å²) in [5.74, 6) is 0.792. The molecule has 1 aromatic heterocycles. The van der Waals surface area contributed by atoms with Crippen molar-refractivity contribution in [2.24, 2.45) is 5.92 Å². The summed E-state index contributed by atoms with van der Waals surface area (Å²) in [7, 11) is 0. The number of anilines is 1. The van der Waals surface area contributed by atoms with E-state index in [0.717, 1.165) is 34.8 Å². The quantitative estimate of drug-likeness (QED) is 0.760. The topological polar surface area (TPSA) is 33.1 Å². The van der Waals surface area contributed by atoms with Crippen LogP contribution in [0, 0.1) is 9.87 Å². The average molecular weight is 377 g/mol. The van der Waals surface area contributed by atoms with E-state index in [2.05, 4.69) is 66.4 Å². The Morgan fingerprint density at radius 3 is 2.52 bits per heavy atom. The molecule has 3 rings (SSSR count). The minimum atomic E-state index is 0.00718. The first kappa shape index (κ1) is 18.5. The first-order valence-electron chi connectivity index (χ1n) is 9.01. The van der Waals surface area contributed by atoms with Crippen LogP contribution in [0.1, 0.15) is 39.2 Å². The highest BCUT2D eigenvalue weighted by molar-refractivity contribution is 7.73. The molecule has 0 bridgehead atoms. The number of nitrogens with one attached hydrogen (secondary N) is 1. The van der Waals surface area contributed by atoms with Crippen molar-refractivity contribution >= 4 is 28.7 Å². The number of nitrogens with zero attached hydrogens (tertiary/aromatic N) is 3. The zero-order valence-electron chi connectivity index (χ0n) is 15.4. The van der Waals surface area contributed by atoms with Crippen molar-refractivity contribution in [2.75, 3.05) is 18.4 Å². The summed E-state index contributed by atoms with van der Waals surface area (Å²) in [6.07, 6.45) is 3.70. The van der Waals surface area contributed by atoms with Gasteiger partial charge in [-0.05, 0) is 63.7 Å². The molecule has 4 nitrogen and oxygen atoms in total. The molecule has 2 aromatic rings. The first-order valence-corrected chi connectivity index (χ1v) is 10.2. The van der Waals surface area contributed by atoms with Crippen LogP contribution in [-0.2, 0) is 13.1 Å². The lowest BCUT2D eigenvalue weighted by Crippen LogP contribution is -2.36. The standard InChI is InChI=1S/C19H28N4S2/c1-19(2,3)20-17-21-23(18(24)25-17)14-22-11-9-16(10-12-22)13-15-7-5-4-6-8-15/h4-8,16H,9-14H2,1-3H3,(H,20,21). The lowest BCUT2D eigenvalue weighted by molar-refractivity contribution is 0.140. The molecular weight excluding hydrogens is 348 g/mol. The molecule has 25 heavy (non-hydrogen) atoms. The third-order valence-corrected chi connectivity index (χ3v) is 5.72. The van der Waals surface area contributed by atoms with E-state index in [4.69, 9.17) is 12.2 Å². The van der Waals surface area contributed by atoms with E-state index < -0.39 is 0 Å². The monoisotopic (exact) mass is 376 g/mol. The fraction of sp³-hybridized carbons (Fsp3) is 0.579. The van der Waals surface area contributed by atoms with Gasteiger partial charge in [-0.2, -0.15) is 0 Å². The second-order valence-corrected chi connectivity index (χ2v) is 9.56. The highest BCUT2D eigenvalue weighted by Gasteiger charge is 2.20. The minimum Gasteiger partial charge on any atom is -0.356 e. The van der Waals surface area contributed by atoms with Crippen LogP contribution >= 0.6 is 23.6 Å². The van der Waals surface area contributed by atoms with Crippen LogP contribution in [-0.4, -0.2) is 33.3 Å². The summed E-state index contributed by atoms with van der Waals surface area (Å²) in [5.41, 5.74) is 1.47. The van der Waals surface area contributed by atoms with Gasteiger partial charge in [0.2, 0.25) is 5.13 Å². The van der Waals surface area contributed by atoms with Crippen LogP contribution in [0.4, 0.5) is 5.13 Å². The molecule has 0 spiro atoms. The number of piperidine rings is 1. The molecule has 6 heteroatoms. The van der Waals surface area contributed by atoms with Gasteiger partial charge in [0, 0.05) is 18.6 Å². The Morgan fingerprint density at radius 1 is 1.20 bits per heavy atom. The molecule has 1 N–H and O–H groups in total. The van der Waals surface area contributed by atoms with Crippen LogP contribution in [0.3, 0.4) is 0 Å². The van der Waals surface area contributed by atoms with Gasteiger partial charge in [0.25, 0.3) is 0 Å². The smallest absolute Gasteiger partial charge is 0.205 e. The summed E-state index contributed by atoms with van der Waals surface area (Å²) in [6, 6.07) is 10.8. The third-order valence-electron chi connectivity index (χ3n) is 4.50. The first-order chi connectivity index (χ1) is 11.9. The van der Waals surface area contributed by atoms with Crippen LogP contribution in [0.5, 0.6) is 0 Å². The van der Waals surface area contributed by atoms with Gasteiger partial charge in [0.15, 0.2) is 3.95 Å². The van der Waals surface area contributed by atoms with E-state index in [1.54, 1.807) is 11.3 Å². The lowest BCUT2D eigenvalue weighted by Gasteiger charge is -2.31. The summed E-state index contributed by atoms with van der Waals surface area (Å²) < 4.78 is 2.81. The van der Waals surface area contributed by atoms with Gasteiger partial charge >= 0.3 is 0 Å². The van der Waals surface area contributed by atoms with E-state index in [1.807, 2.05) is 4.68 Å². The highest BCUT2D eigenvalue weighted by atomic mass is 32.1. The molecule has 1 aliphatic rings. The Bertz CT molecular complexity index is 722. The van der Waals surface area contributed by atoms with E-state index in [0.29, 0.717) is 0 Å². The van der Waals surface area contributed by atoms with Crippen LogP contribution in [0.15, 0.2) is 30.3 Å². The Balaban J connectivity index is 1.51. The fourth-order valence-electron chi connectivity index (χ4n) is 3.24. The zero-order chi connectivity index (χ0) is 17.9. The van der Waals surface area contributed by atoms with Gasteiger partial charge in [0.05, 0.1) is 6.67 Å². The predicted octanol–water partition coefficient (Wildman–Crippen LogP) is 4.80. The maximum atomic E-state index is 5.49. The van der Waals surface area contributed by atoms with Crippen LogP contribution in [0.2, 0.25) is 0 Å². The second kappa shape index (κ2) is 7.98. The number of hydrogen-bond donors (Lipinski definition) is 1. The average Bonchev–Trinajstić information content (AvgIpc) is 2.87. The van der Waals surface area contributed by atoms with E-state index >= 15 is 0 Å². The van der Waals surface area contributed by atoms with Crippen molar-refractivity contribution in [3.05, 3.63) is 39.8 Å². The van der Waals surface area contributed by atoms with Crippen molar-refractivity contribution in [1.82, 2.24) is 14.7 Å². The molecule has 136 valence electrons. The van der Waals surface area contributed by atoms with Crippen molar-refractivity contribution in [3.63, 3.8) is 0 Å². The number of rotatable bonds is 5. The Labute approximate surface area is 159 Å². The Morgan fingerprint density at radius 2 is 1.88 bits per heavy atom. The maximum absolute atomic E-state index is 5.49. The maximum Gasteiger partial charge on any atom is 0.205 e. The van der Waals surface area contributed by atoms with E-state index in [-0.39, 0.29) is 5.54 Å². The fourth-order valence-corrected chi connectivity index (χ4v) is 4.44. The summed E-state index contributed by atoms with van der Waals surface area (Å²) >= 11 is 7.05. The molecule has 1 aliphatic heterocycles. The van der Waals surface area contributed by atoms with Crippen LogP contribution < -0.4 is 5.32 Å². The minimum absolute atomic E-state index is 0.00718. The number of hydrogen-bond acceptors (Lipinski definition) is 5. The Kier molecular flexibility index (Phi) is 5.92. The molecule has 0 unspecified atom stereocenters. The van der Waals surface area contributed by atoms with Gasteiger partial charge in [-0.1, -0.05) is 41.7 Å². The molecule has 0 atom stereocenters. The molecule has 1 saturated heterocycles. The molecule has 0 aliphatic carbocycles. The summed E-state index contributed by atoms with van der Waals surface area (Å²) in [6.45, 7) is 9.47. The van der Waals surface area contributed by atoms with Gasteiger partial charge < -0.3 is 5.32 Å². The van der Waals surface area contributed by atoms with Gasteiger partial charge in [-0.3, -0.25) is 4.90 Å². The third kappa shape index (κ3) is 5.62. The largest absolute Gasteiger partial charge is 0.356 e. The van der Waals surface area contributed by atoms with E-state index in [9.17, 15) is 0 Å². The molecule has 0 saturated carbocycles. The molecule has 1 aromatic carbocycles. The van der Waals surface area contributed by atoms with Crippen molar-refractivity contribution in [2.45, 2.75) is 52.2 Å². The lowest BCUT2D eigenvalue weighted by atomic mass is 9.90. The van der Waals surface area contributed by atoms with Gasteiger partial charge in [-0.25, -0.2) is 4.68 Å². The van der Waals surface area contributed by atoms with Crippen molar-refractivity contribution in [1.29, 1.82) is 0 Å². The number of aromatic nitrogens is 2. The predicted molar refractivity (Wildman–Crippen MR) is 109 cm³/mol. The highest BCUT2D eigenvalue weighted by Crippen LogP contribution is 2.23. The Hall–Kier alpha value is -1.24. The SMILES string of the molecule is CC(C)(C)Nc1nn(CN2CCC(Cc3ccccc3)CC2)c(=S)s1. The van der Waals surface area contributed by atoms with E-state index in [1.165, 1.54) is 24.8 Å². The summed E-state index contributed by atoms with van der Waals surface area (Å²) in [4.78, 5) is 2.47. The van der Waals surface area contributed by atoms with Crippen molar-refractivity contribution < 1.29 is 0 Å². The summed E-state index contributed by atoms with van der Waals surface area (Å²) in [5, 5.41) is 8.98.